The van der Waals surface area contributed by atoms with Gasteiger partial charge in [-0.1, -0.05) is 27.2 Å². The van der Waals surface area contributed by atoms with Crippen molar-refractivity contribution in [1.82, 2.24) is 5.32 Å². The van der Waals surface area contributed by atoms with Crippen LogP contribution in [0.25, 0.3) is 0 Å². The number of nitrogens with one attached hydrogen (secondary N) is 1. The molecule has 0 aromatic rings. The standard InChI is InChI=1S/C16H30N2/c1-15(2)12-7-8-16(3,9-12)14(15)18-13-6-4-5-11(13)10-17/h11-14,18H,4-10,17H2,1-3H3. The fourth-order valence-electron chi connectivity index (χ4n) is 5.47. The lowest BCUT2D eigenvalue weighted by Gasteiger charge is -2.45. The van der Waals surface area contributed by atoms with Gasteiger partial charge >= 0.3 is 0 Å². The van der Waals surface area contributed by atoms with Crippen molar-refractivity contribution in [3.8, 4) is 0 Å². The minimum atomic E-state index is 0.481. The molecule has 0 heterocycles. The van der Waals surface area contributed by atoms with Crippen LogP contribution >= 0.6 is 0 Å². The first kappa shape index (κ1) is 12.9. The van der Waals surface area contributed by atoms with E-state index in [0.717, 1.165) is 18.4 Å². The molecule has 2 heteroatoms. The van der Waals surface area contributed by atoms with Crippen LogP contribution in [0.15, 0.2) is 0 Å². The predicted octanol–water partition coefficient (Wildman–Crippen LogP) is 2.92. The third-order valence-electron chi connectivity index (χ3n) is 6.61. The molecule has 0 aromatic carbocycles. The van der Waals surface area contributed by atoms with Crippen LogP contribution in [0, 0.1) is 22.7 Å². The average molecular weight is 250 g/mol. The number of hydrogen-bond acceptors (Lipinski definition) is 2. The lowest BCUT2D eigenvalue weighted by atomic mass is 9.68. The summed E-state index contributed by atoms with van der Waals surface area (Å²) in [5.41, 5.74) is 6.97. The number of hydrogen-bond donors (Lipinski definition) is 2. The van der Waals surface area contributed by atoms with Gasteiger partial charge in [0.1, 0.15) is 0 Å². The fraction of sp³-hybridized carbons (Fsp3) is 1.00. The molecule has 2 bridgehead atoms. The summed E-state index contributed by atoms with van der Waals surface area (Å²) in [4.78, 5) is 0. The topological polar surface area (TPSA) is 38.0 Å². The first-order chi connectivity index (χ1) is 8.47. The van der Waals surface area contributed by atoms with E-state index >= 15 is 0 Å². The highest BCUT2D eigenvalue weighted by molar-refractivity contribution is 5.13. The van der Waals surface area contributed by atoms with E-state index in [0.29, 0.717) is 22.9 Å². The van der Waals surface area contributed by atoms with Gasteiger partial charge in [-0.3, -0.25) is 0 Å². The van der Waals surface area contributed by atoms with E-state index in [2.05, 4.69) is 26.1 Å². The molecule has 5 atom stereocenters. The smallest absolute Gasteiger partial charge is 0.0177 e. The van der Waals surface area contributed by atoms with Gasteiger partial charge in [0.2, 0.25) is 0 Å². The second-order valence-corrected chi connectivity index (χ2v) is 8.05. The highest BCUT2D eigenvalue weighted by Gasteiger charge is 2.59. The Kier molecular flexibility index (Phi) is 3.02. The largest absolute Gasteiger partial charge is 0.330 e. The molecule has 0 spiro atoms. The third kappa shape index (κ3) is 1.76. The molecule has 0 radical (unpaired) electrons. The molecule has 5 unspecified atom stereocenters. The highest BCUT2D eigenvalue weighted by atomic mass is 15.0. The first-order valence-corrected chi connectivity index (χ1v) is 7.93. The number of nitrogens with two attached hydrogens (primary N) is 1. The van der Waals surface area contributed by atoms with Crippen LogP contribution in [-0.4, -0.2) is 18.6 Å². The molecule has 0 saturated heterocycles. The van der Waals surface area contributed by atoms with E-state index in [1.807, 2.05) is 0 Å². The minimum Gasteiger partial charge on any atom is -0.330 e. The normalized spacial score (nSPS) is 50.0. The van der Waals surface area contributed by atoms with Crippen LogP contribution in [0.5, 0.6) is 0 Å². The second kappa shape index (κ2) is 4.21. The van der Waals surface area contributed by atoms with Gasteiger partial charge in [-0.25, -0.2) is 0 Å². The van der Waals surface area contributed by atoms with Crippen molar-refractivity contribution >= 4 is 0 Å². The van der Waals surface area contributed by atoms with Crippen molar-refractivity contribution in [1.29, 1.82) is 0 Å². The van der Waals surface area contributed by atoms with E-state index in [1.54, 1.807) is 0 Å². The Morgan fingerprint density at radius 2 is 1.94 bits per heavy atom. The maximum Gasteiger partial charge on any atom is 0.0177 e. The monoisotopic (exact) mass is 250 g/mol. The minimum absolute atomic E-state index is 0.481. The van der Waals surface area contributed by atoms with E-state index < -0.39 is 0 Å². The summed E-state index contributed by atoms with van der Waals surface area (Å²) >= 11 is 0. The lowest BCUT2D eigenvalue weighted by Crippen LogP contribution is -2.55. The maximum atomic E-state index is 5.93. The van der Waals surface area contributed by atoms with Gasteiger partial charge in [-0.05, 0) is 61.3 Å². The molecule has 3 aliphatic rings. The molecule has 3 saturated carbocycles. The van der Waals surface area contributed by atoms with Crippen molar-refractivity contribution in [2.45, 2.75) is 71.4 Å². The Morgan fingerprint density at radius 3 is 2.56 bits per heavy atom. The molecule has 3 fully saturated rings. The van der Waals surface area contributed by atoms with Crippen LogP contribution in [0.4, 0.5) is 0 Å². The van der Waals surface area contributed by atoms with Crippen molar-refractivity contribution in [3.05, 3.63) is 0 Å². The molecule has 2 nitrogen and oxygen atoms in total. The quantitative estimate of drug-likeness (QED) is 0.808. The van der Waals surface area contributed by atoms with E-state index in [1.165, 1.54) is 38.5 Å². The fourth-order valence-corrected chi connectivity index (χ4v) is 5.47. The molecular formula is C16H30N2. The summed E-state index contributed by atoms with van der Waals surface area (Å²) in [6, 6.07) is 1.40. The molecule has 3 rings (SSSR count). The molecule has 0 aromatic heterocycles. The van der Waals surface area contributed by atoms with Gasteiger partial charge in [0, 0.05) is 12.1 Å². The lowest BCUT2D eigenvalue weighted by molar-refractivity contribution is 0.0932. The molecular weight excluding hydrogens is 220 g/mol. The zero-order chi connectivity index (χ0) is 13.0. The third-order valence-corrected chi connectivity index (χ3v) is 6.61. The van der Waals surface area contributed by atoms with Gasteiger partial charge in [0.05, 0.1) is 0 Å². The predicted molar refractivity (Wildman–Crippen MR) is 76.3 cm³/mol. The maximum absolute atomic E-state index is 5.93. The summed E-state index contributed by atoms with van der Waals surface area (Å²) < 4.78 is 0. The molecule has 18 heavy (non-hydrogen) atoms. The Morgan fingerprint density at radius 1 is 1.17 bits per heavy atom. The zero-order valence-corrected chi connectivity index (χ0v) is 12.3. The Balaban J connectivity index is 1.76. The average Bonchev–Trinajstić information content (AvgIpc) is 2.95. The van der Waals surface area contributed by atoms with Crippen molar-refractivity contribution in [2.24, 2.45) is 28.4 Å². The van der Waals surface area contributed by atoms with Gasteiger partial charge in [0.25, 0.3) is 0 Å². The molecule has 0 aliphatic heterocycles. The Bertz CT molecular complexity index is 320. The molecule has 0 amide bonds. The summed E-state index contributed by atoms with van der Waals surface area (Å²) in [5.74, 6) is 1.67. The summed E-state index contributed by atoms with van der Waals surface area (Å²) in [7, 11) is 0. The Hall–Kier alpha value is -0.0800. The van der Waals surface area contributed by atoms with E-state index in [9.17, 15) is 0 Å². The summed E-state index contributed by atoms with van der Waals surface area (Å²) in [5, 5.41) is 4.06. The summed E-state index contributed by atoms with van der Waals surface area (Å²) in [6.45, 7) is 8.37. The highest BCUT2D eigenvalue weighted by Crippen LogP contribution is 2.62. The molecule has 3 N–H and O–H groups in total. The first-order valence-electron chi connectivity index (χ1n) is 7.93. The van der Waals surface area contributed by atoms with Crippen LogP contribution in [0.2, 0.25) is 0 Å². The van der Waals surface area contributed by atoms with Crippen LogP contribution < -0.4 is 11.1 Å². The number of fused-ring (bicyclic) bond motifs is 2. The molecule has 3 aliphatic carbocycles. The van der Waals surface area contributed by atoms with Crippen LogP contribution in [0.1, 0.15) is 59.3 Å². The van der Waals surface area contributed by atoms with Crippen molar-refractivity contribution in [3.63, 3.8) is 0 Å². The van der Waals surface area contributed by atoms with Gasteiger partial charge in [-0.15, -0.1) is 0 Å². The summed E-state index contributed by atoms with van der Waals surface area (Å²) in [6.07, 6.45) is 8.37. The van der Waals surface area contributed by atoms with Crippen LogP contribution in [0.3, 0.4) is 0 Å². The van der Waals surface area contributed by atoms with Gasteiger partial charge in [0.15, 0.2) is 0 Å². The SMILES string of the molecule is CC12CCC(C1)C(C)(C)C2NC1CCCC1CN. The van der Waals surface area contributed by atoms with Crippen molar-refractivity contribution in [2.75, 3.05) is 6.54 Å². The molecule has 104 valence electrons. The second-order valence-electron chi connectivity index (χ2n) is 8.05. The van der Waals surface area contributed by atoms with Crippen molar-refractivity contribution < 1.29 is 0 Å². The van der Waals surface area contributed by atoms with Crippen LogP contribution in [-0.2, 0) is 0 Å². The Labute approximate surface area is 112 Å². The van der Waals surface area contributed by atoms with Gasteiger partial charge in [-0.2, -0.15) is 0 Å². The number of rotatable bonds is 3. The van der Waals surface area contributed by atoms with E-state index in [4.69, 9.17) is 5.73 Å². The van der Waals surface area contributed by atoms with Gasteiger partial charge < -0.3 is 11.1 Å². The zero-order valence-electron chi connectivity index (χ0n) is 12.3. The van der Waals surface area contributed by atoms with E-state index in [-0.39, 0.29) is 0 Å².